The molecule has 0 aromatic heterocycles. The molecule has 0 aliphatic carbocycles. The molecule has 1 atom stereocenters. The fourth-order valence-electron chi connectivity index (χ4n) is 1.94. The van der Waals surface area contributed by atoms with Crippen molar-refractivity contribution in [1.29, 1.82) is 0 Å². The lowest BCUT2D eigenvalue weighted by Crippen LogP contribution is -2.01. The number of benzene rings is 2. The molecule has 0 amide bonds. The number of phenols is 1. The van der Waals surface area contributed by atoms with Crippen molar-refractivity contribution >= 4 is 10.8 Å². The SMILES string of the molecule is C[C@@H](O)CCc1c(O)ccc2ccccc12. The van der Waals surface area contributed by atoms with Crippen molar-refractivity contribution in [2.45, 2.75) is 25.9 Å². The lowest BCUT2D eigenvalue weighted by Gasteiger charge is -2.10. The van der Waals surface area contributed by atoms with Crippen molar-refractivity contribution in [1.82, 2.24) is 0 Å². The van der Waals surface area contributed by atoms with E-state index in [1.165, 1.54) is 0 Å². The van der Waals surface area contributed by atoms with Gasteiger partial charge >= 0.3 is 0 Å². The van der Waals surface area contributed by atoms with Crippen LogP contribution in [-0.4, -0.2) is 16.3 Å². The average Bonchev–Trinajstić information content (AvgIpc) is 2.27. The summed E-state index contributed by atoms with van der Waals surface area (Å²) in [5.74, 6) is 0.319. The fourth-order valence-corrected chi connectivity index (χ4v) is 1.94. The summed E-state index contributed by atoms with van der Waals surface area (Å²) in [6, 6.07) is 11.6. The molecule has 0 saturated heterocycles. The van der Waals surface area contributed by atoms with Crippen LogP contribution >= 0.6 is 0 Å². The van der Waals surface area contributed by atoms with E-state index in [0.29, 0.717) is 18.6 Å². The van der Waals surface area contributed by atoms with Crippen LogP contribution in [-0.2, 0) is 6.42 Å². The number of aliphatic hydroxyl groups excluding tert-OH is 1. The van der Waals surface area contributed by atoms with Crippen molar-refractivity contribution in [3.63, 3.8) is 0 Å². The normalized spacial score (nSPS) is 12.9. The minimum atomic E-state index is -0.335. The molecule has 0 aliphatic heterocycles. The van der Waals surface area contributed by atoms with E-state index in [0.717, 1.165) is 16.3 Å². The molecule has 2 N–H and O–H groups in total. The van der Waals surface area contributed by atoms with Gasteiger partial charge in [0.15, 0.2) is 0 Å². The van der Waals surface area contributed by atoms with E-state index in [2.05, 4.69) is 0 Å². The summed E-state index contributed by atoms with van der Waals surface area (Å²) in [5, 5.41) is 21.3. The van der Waals surface area contributed by atoms with Gasteiger partial charge in [-0.15, -0.1) is 0 Å². The van der Waals surface area contributed by atoms with Gasteiger partial charge in [-0.2, -0.15) is 0 Å². The monoisotopic (exact) mass is 216 g/mol. The Kier molecular flexibility index (Phi) is 3.11. The minimum absolute atomic E-state index is 0.319. The number of hydrogen-bond acceptors (Lipinski definition) is 2. The van der Waals surface area contributed by atoms with Gasteiger partial charge in [0.2, 0.25) is 0 Å². The van der Waals surface area contributed by atoms with E-state index in [1.54, 1.807) is 13.0 Å². The first kappa shape index (κ1) is 11.0. The highest BCUT2D eigenvalue weighted by molar-refractivity contribution is 5.87. The second-order valence-corrected chi connectivity index (χ2v) is 4.17. The van der Waals surface area contributed by atoms with Crippen LogP contribution in [0.4, 0.5) is 0 Å². The molecule has 0 bridgehead atoms. The van der Waals surface area contributed by atoms with Crippen LogP contribution in [0.15, 0.2) is 36.4 Å². The highest BCUT2D eigenvalue weighted by Gasteiger charge is 2.07. The smallest absolute Gasteiger partial charge is 0.119 e. The first-order valence-electron chi connectivity index (χ1n) is 5.56. The molecule has 16 heavy (non-hydrogen) atoms. The summed E-state index contributed by atoms with van der Waals surface area (Å²) in [4.78, 5) is 0. The zero-order valence-electron chi connectivity index (χ0n) is 9.35. The quantitative estimate of drug-likeness (QED) is 0.828. The summed E-state index contributed by atoms with van der Waals surface area (Å²) in [7, 11) is 0. The van der Waals surface area contributed by atoms with Crippen LogP contribution in [0.3, 0.4) is 0 Å². The molecule has 2 rings (SSSR count). The number of hydrogen-bond donors (Lipinski definition) is 2. The number of rotatable bonds is 3. The van der Waals surface area contributed by atoms with E-state index in [4.69, 9.17) is 0 Å². The maximum atomic E-state index is 9.84. The van der Waals surface area contributed by atoms with E-state index >= 15 is 0 Å². The van der Waals surface area contributed by atoms with Gasteiger partial charge in [0, 0.05) is 5.56 Å². The highest BCUT2D eigenvalue weighted by atomic mass is 16.3. The number of aryl methyl sites for hydroxylation is 1. The van der Waals surface area contributed by atoms with Crippen LogP contribution in [0.2, 0.25) is 0 Å². The zero-order chi connectivity index (χ0) is 11.5. The summed E-state index contributed by atoms with van der Waals surface area (Å²) in [6.07, 6.45) is 1.03. The first-order valence-corrected chi connectivity index (χ1v) is 5.56. The molecule has 0 saturated carbocycles. The predicted molar refractivity (Wildman–Crippen MR) is 65.6 cm³/mol. The summed E-state index contributed by atoms with van der Waals surface area (Å²) in [6.45, 7) is 1.77. The van der Waals surface area contributed by atoms with Gasteiger partial charge < -0.3 is 10.2 Å². The molecule has 2 aromatic carbocycles. The Bertz CT molecular complexity index is 489. The largest absolute Gasteiger partial charge is 0.508 e. The second-order valence-electron chi connectivity index (χ2n) is 4.17. The fraction of sp³-hybridized carbons (Fsp3) is 0.286. The van der Waals surface area contributed by atoms with E-state index in [1.807, 2.05) is 30.3 Å². The molecule has 2 heteroatoms. The second kappa shape index (κ2) is 4.54. The molecule has 0 unspecified atom stereocenters. The Morgan fingerprint density at radius 3 is 2.62 bits per heavy atom. The Balaban J connectivity index is 2.44. The maximum Gasteiger partial charge on any atom is 0.119 e. The van der Waals surface area contributed by atoms with Gasteiger partial charge in [0.05, 0.1) is 6.10 Å². The lowest BCUT2D eigenvalue weighted by atomic mass is 9.99. The van der Waals surface area contributed by atoms with Gasteiger partial charge in [0.1, 0.15) is 5.75 Å². The molecule has 0 radical (unpaired) electrons. The Labute approximate surface area is 95.2 Å². The van der Waals surface area contributed by atoms with E-state index in [9.17, 15) is 10.2 Å². The Morgan fingerprint density at radius 1 is 1.12 bits per heavy atom. The lowest BCUT2D eigenvalue weighted by molar-refractivity contribution is 0.185. The molecule has 2 nitrogen and oxygen atoms in total. The summed E-state index contributed by atoms with van der Waals surface area (Å²) >= 11 is 0. The Hall–Kier alpha value is -1.54. The van der Waals surface area contributed by atoms with Crippen molar-refractivity contribution in [2.75, 3.05) is 0 Å². The summed E-state index contributed by atoms with van der Waals surface area (Å²) < 4.78 is 0. The third-order valence-corrected chi connectivity index (χ3v) is 2.83. The van der Waals surface area contributed by atoms with Gasteiger partial charge in [-0.25, -0.2) is 0 Å². The first-order chi connectivity index (χ1) is 7.68. The minimum Gasteiger partial charge on any atom is -0.508 e. The van der Waals surface area contributed by atoms with Gasteiger partial charge in [-0.05, 0) is 36.6 Å². The zero-order valence-corrected chi connectivity index (χ0v) is 9.35. The topological polar surface area (TPSA) is 40.5 Å². The van der Waals surface area contributed by atoms with Crippen LogP contribution in [0.25, 0.3) is 10.8 Å². The van der Waals surface area contributed by atoms with Crippen LogP contribution in [0.5, 0.6) is 5.75 Å². The predicted octanol–water partition coefficient (Wildman–Crippen LogP) is 2.86. The van der Waals surface area contributed by atoms with E-state index in [-0.39, 0.29) is 6.10 Å². The van der Waals surface area contributed by atoms with Crippen LogP contribution in [0, 0.1) is 0 Å². The number of aromatic hydroxyl groups is 1. The molecular formula is C14H16O2. The molecule has 0 heterocycles. The van der Waals surface area contributed by atoms with Crippen molar-refractivity contribution < 1.29 is 10.2 Å². The molecule has 0 fully saturated rings. The number of phenolic OH excluding ortho intramolecular Hbond substituents is 1. The maximum absolute atomic E-state index is 9.84. The van der Waals surface area contributed by atoms with Crippen LogP contribution < -0.4 is 0 Å². The van der Waals surface area contributed by atoms with Crippen molar-refractivity contribution in [3.8, 4) is 5.75 Å². The van der Waals surface area contributed by atoms with E-state index < -0.39 is 0 Å². The Morgan fingerprint density at radius 2 is 1.88 bits per heavy atom. The van der Waals surface area contributed by atoms with Crippen LogP contribution in [0.1, 0.15) is 18.9 Å². The van der Waals surface area contributed by atoms with Gasteiger partial charge in [-0.3, -0.25) is 0 Å². The van der Waals surface area contributed by atoms with Gasteiger partial charge in [-0.1, -0.05) is 30.3 Å². The number of aliphatic hydroxyl groups is 1. The van der Waals surface area contributed by atoms with Gasteiger partial charge in [0.25, 0.3) is 0 Å². The molecule has 2 aromatic rings. The van der Waals surface area contributed by atoms with Crippen molar-refractivity contribution in [3.05, 3.63) is 42.0 Å². The standard InChI is InChI=1S/C14H16O2/c1-10(15)6-8-13-12-5-3-2-4-11(12)7-9-14(13)16/h2-5,7,9-10,15-16H,6,8H2,1H3/t10-/m1/s1. The number of fused-ring (bicyclic) bond motifs is 1. The third-order valence-electron chi connectivity index (χ3n) is 2.83. The molecule has 84 valence electrons. The molecule has 0 aliphatic rings. The third kappa shape index (κ3) is 2.17. The molecule has 0 spiro atoms. The average molecular weight is 216 g/mol. The van der Waals surface area contributed by atoms with Crippen molar-refractivity contribution in [2.24, 2.45) is 0 Å². The summed E-state index contributed by atoms with van der Waals surface area (Å²) in [5.41, 5.74) is 0.930. The highest BCUT2D eigenvalue weighted by Crippen LogP contribution is 2.28. The molecular weight excluding hydrogens is 200 g/mol.